The van der Waals surface area contributed by atoms with Gasteiger partial charge in [-0.25, -0.2) is 0 Å². The van der Waals surface area contributed by atoms with E-state index < -0.39 is 11.9 Å². The molecule has 21 heavy (non-hydrogen) atoms. The van der Waals surface area contributed by atoms with Crippen LogP contribution < -0.4 is 10.2 Å². The number of carbonyl (C=O) groups is 3. The lowest BCUT2D eigenvalue weighted by Crippen LogP contribution is -2.31. The summed E-state index contributed by atoms with van der Waals surface area (Å²) < 4.78 is 0. The molecule has 0 amide bonds. The number of hydrogen-bond acceptors (Lipinski definition) is 5. The van der Waals surface area contributed by atoms with Gasteiger partial charge in [0.05, 0.1) is 11.9 Å². The van der Waals surface area contributed by atoms with Crippen molar-refractivity contribution in [3.8, 4) is 0 Å². The van der Waals surface area contributed by atoms with Crippen LogP contribution in [0.15, 0.2) is 18.2 Å². The molecule has 0 bridgehead atoms. The van der Waals surface area contributed by atoms with Crippen LogP contribution in [0.4, 0.5) is 0 Å². The van der Waals surface area contributed by atoms with Crippen LogP contribution in [0, 0.1) is 5.92 Å². The fourth-order valence-corrected chi connectivity index (χ4v) is 2.35. The Morgan fingerprint density at radius 2 is 1.81 bits per heavy atom. The van der Waals surface area contributed by atoms with E-state index in [2.05, 4.69) is 0 Å². The summed E-state index contributed by atoms with van der Waals surface area (Å²) in [5.74, 6) is -2.86. The standard InChI is InChI=1S/C16H20O5/c1-3-11(8-7-10(2)17)9-12-5-4-6-13(15(18)19)14(12)16(20)21/h4-6,11H,3,7-9H2,1-2H3,(H,18,19)(H,20,21)/p-2. The van der Waals surface area contributed by atoms with Gasteiger partial charge in [0.15, 0.2) is 0 Å². The second kappa shape index (κ2) is 7.57. The van der Waals surface area contributed by atoms with Crippen molar-refractivity contribution in [3.05, 3.63) is 34.9 Å². The monoisotopic (exact) mass is 290 g/mol. The van der Waals surface area contributed by atoms with E-state index in [1.165, 1.54) is 19.1 Å². The van der Waals surface area contributed by atoms with E-state index >= 15 is 0 Å². The van der Waals surface area contributed by atoms with Gasteiger partial charge < -0.3 is 24.6 Å². The zero-order valence-corrected chi connectivity index (χ0v) is 12.2. The summed E-state index contributed by atoms with van der Waals surface area (Å²) in [6, 6.07) is 4.26. The highest BCUT2D eigenvalue weighted by Crippen LogP contribution is 2.22. The Morgan fingerprint density at radius 3 is 2.29 bits per heavy atom. The Bertz CT molecular complexity index is 548. The fourth-order valence-electron chi connectivity index (χ4n) is 2.35. The van der Waals surface area contributed by atoms with Crippen molar-refractivity contribution in [1.82, 2.24) is 0 Å². The summed E-state index contributed by atoms with van der Waals surface area (Å²) in [6.07, 6.45) is 2.25. The highest BCUT2D eigenvalue weighted by atomic mass is 16.4. The fraction of sp³-hybridized carbons (Fsp3) is 0.438. The number of ketones is 1. The molecule has 5 heteroatoms. The SMILES string of the molecule is CCC(CCC(C)=O)Cc1cccc(C(=O)[O-])c1C(=O)[O-]. The van der Waals surface area contributed by atoms with Crippen LogP contribution in [0.2, 0.25) is 0 Å². The zero-order valence-electron chi connectivity index (χ0n) is 12.2. The summed E-state index contributed by atoms with van der Waals surface area (Å²) in [7, 11) is 0. The van der Waals surface area contributed by atoms with Gasteiger partial charge in [-0.3, -0.25) is 0 Å². The second-order valence-electron chi connectivity index (χ2n) is 5.13. The predicted octanol–water partition coefficient (Wildman–Crippen LogP) is 0.351. The molecule has 0 aliphatic carbocycles. The van der Waals surface area contributed by atoms with E-state index in [1.807, 2.05) is 6.92 Å². The van der Waals surface area contributed by atoms with Gasteiger partial charge in [0.2, 0.25) is 0 Å². The maximum atomic E-state index is 11.2. The molecule has 1 unspecified atom stereocenters. The van der Waals surface area contributed by atoms with Gasteiger partial charge in [-0.1, -0.05) is 31.5 Å². The lowest BCUT2D eigenvalue weighted by molar-refractivity contribution is -0.259. The van der Waals surface area contributed by atoms with Crippen LogP contribution in [0.5, 0.6) is 0 Å². The second-order valence-corrected chi connectivity index (χ2v) is 5.13. The van der Waals surface area contributed by atoms with E-state index in [4.69, 9.17) is 0 Å². The Morgan fingerprint density at radius 1 is 1.14 bits per heavy atom. The Balaban J connectivity index is 3.06. The van der Waals surface area contributed by atoms with Crippen molar-refractivity contribution in [2.24, 2.45) is 5.92 Å². The normalized spacial score (nSPS) is 11.9. The number of carbonyl (C=O) groups excluding carboxylic acids is 3. The topological polar surface area (TPSA) is 97.3 Å². The first-order valence-electron chi connectivity index (χ1n) is 6.90. The van der Waals surface area contributed by atoms with Gasteiger partial charge in [-0.2, -0.15) is 0 Å². The summed E-state index contributed by atoms with van der Waals surface area (Å²) in [4.78, 5) is 33.3. The first-order valence-corrected chi connectivity index (χ1v) is 6.90. The summed E-state index contributed by atoms with van der Waals surface area (Å²) in [6.45, 7) is 3.46. The molecule has 0 aromatic heterocycles. The van der Waals surface area contributed by atoms with E-state index in [0.29, 0.717) is 24.8 Å². The third kappa shape index (κ3) is 4.70. The molecule has 0 aliphatic heterocycles. The Hall–Kier alpha value is -2.17. The molecule has 0 N–H and O–H groups in total. The molecular weight excluding hydrogens is 272 g/mol. The molecule has 1 rings (SSSR count). The van der Waals surface area contributed by atoms with Crippen molar-refractivity contribution in [3.63, 3.8) is 0 Å². The van der Waals surface area contributed by atoms with Gasteiger partial charge in [0, 0.05) is 17.5 Å². The average molecular weight is 290 g/mol. The molecular formula is C16H18O5-2. The molecule has 0 aliphatic rings. The van der Waals surface area contributed by atoms with Crippen LogP contribution in [0.1, 0.15) is 59.4 Å². The van der Waals surface area contributed by atoms with Gasteiger partial charge in [-0.05, 0) is 31.2 Å². The summed E-state index contributed by atoms with van der Waals surface area (Å²) in [5, 5.41) is 22.2. The molecule has 0 heterocycles. The third-order valence-electron chi connectivity index (χ3n) is 3.57. The minimum absolute atomic E-state index is 0.0806. The number of Topliss-reactive ketones (excluding diaryl/α,β-unsaturated/α-hetero) is 1. The van der Waals surface area contributed by atoms with Crippen molar-refractivity contribution in [1.29, 1.82) is 0 Å². The largest absolute Gasteiger partial charge is 0.545 e. The van der Waals surface area contributed by atoms with Gasteiger partial charge in [-0.15, -0.1) is 0 Å². The Labute approximate surface area is 123 Å². The minimum atomic E-state index is -1.53. The maximum absolute atomic E-state index is 11.2. The van der Waals surface area contributed by atoms with Crippen LogP contribution in [0.3, 0.4) is 0 Å². The third-order valence-corrected chi connectivity index (χ3v) is 3.57. The number of hydrogen-bond donors (Lipinski definition) is 0. The molecule has 1 atom stereocenters. The van der Waals surface area contributed by atoms with Gasteiger partial charge in [0.25, 0.3) is 0 Å². The molecule has 0 saturated heterocycles. The van der Waals surface area contributed by atoms with Crippen molar-refractivity contribution >= 4 is 17.7 Å². The summed E-state index contributed by atoms with van der Waals surface area (Å²) >= 11 is 0. The number of carboxylic acid groups (broad SMARTS) is 2. The Kier molecular flexibility index (Phi) is 6.09. The molecule has 1 aromatic rings. The number of carboxylic acids is 2. The average Bonchev–Trinajstić information content (AvgIpc) is 2.42. The number of benzene rings is 1. The van der Waals surface area contributed by atoms with E-state index in [1.54, 1.807) is 6.07 Å². The summed E-state index contributed by atoms with van der Waals surface area (Å²) in [5.41, 5.74) is -0.278. The first kappa shape index (κ1) is 16.9. The predicted molar refractivity (Wildman–Crippen MR) is 72.5 cm³/mol. The van der Waals surface area contributed by atoms with Crippen LogP contribution in [-0.2, 0) is 11.2 Å². The van der Waals surface area contributed by atoms with Crippen LogP contribution in [-0.4, -0.2) is 17.7 Å². The smallest absolute Gasteiger partial charge is 0.129 e. The van der Waals surface area contributed by atoms with E-state index in [9.17, 15) is 24.6 Å². The van der Waals surface area contributed by atoms with Gasteiger partial charge >= 0.3 is 0 Å². The van der Waals surface area contributed by atoms with Crippen molar-refractivity contribution in [2.45, 2.75) is 39.5 Å². The quantitative estimate of drug-likeness (QED) is 0.688. The number of aromatic carboxylic acids is 2. The lowest BCUT2D eigenvalue weighted by atomic mass is 9.88. The molecule has 0 radical (unpaired) electrons. The highest BCUT2D eigenvalue weighted by molar-refractivity contribution is 6.01. The van der Waals surface area contributed by atoms with Crippen molar-refractivity contribution in [2.75, 3.05) is 0 Å². The molecule has 0 fully saturated rings. The van der Waals surface area contributed by atoms with E-state index in [-0.39, 0.29) is 22.8 Å². The van der Waals surface area contributed by atoms with Gasteiger partial charge in [0.1, 0.15) is 5.78 Å². The molecule has 0 saturated carbocycles. The lowest BCUT2D eigenvalue weighted by Gasteiger charge is -2.20. The van der Waals surface area contributed by atoms with Crippen LogP contribution in [0.25, 0.3) is 0 Å². The minimum Gasteiger partial charge on any atom is -0.545 e. The molecule has 0 spiro atoms. The first-order chi connectivity index (χ1) is 9.86. The van der Waals surface area contributed by atoms with Crippen molar-refractivity contribution < 1.29 is 24.6 Å². The molecule has 5 nitrogen and oxygen atoms in total. The zero-order chi connectivity index (χ0) is 16.0. The maximum Gasteiger partial charge on any atom is 0.129 e. The molecule has 114 valence electrons. The highest BCUT2D eigenvalue weighted by Gasteiger charge is 2.15. The number of rotatable bonds is 8. The van der Waals surface area contributed by atoms with E-state index in [0.717, 1.165) is 6.42 Å². The molecule has 1 aromatic carbocycles. The van der Waals surface area contributed by atoms with Crippen LogP contribution >= 0.6 is 0 Å².